The van der Waals surface area contributed by atoms with Crippen LogP contribution in [0.2, 0.25) is 0 Å². The van der Waals surface area contributed by atoms with Gasteiger partial charge in [-0.1, -0.05) is 32.9 Å². The van der Waals surface area contributed by atoms with Gasteiger partial charge in [-0.15, -0.1) is 0 Å². The molecule has 1 aliphatic rings. The largest absolute Gasteiger partial charge is 0.431 e. The maximum atomic E-state index is 11.8. The van der Waals surface area contributed by atoms with E-state index >= 15 is 0 Å². The number of hydrogen-bond acceptors (Lipinski definition) is 4. The van der Waals surface area contributed by atoms with Gasteiger partial charge in [0, 0.05) is 16.7 Å². The first-order valence-electron chi connectivity index (χ1n) is 6.20. The molecular formula is C14H16N2O4. The normalized spacial score (nSPS) is 18.4. The second-order valence-electron chi connectivity index (χ2n) is 5.60. The van der Waals surface area contributed by atoms with E-state index in [0.717, 1.165) is 0 Å². The zero-order chi connectivity index (χ0) is 14.9. The lowest BCUT2D eigenvalue weighted by atomic mass is 9.95. The number of rotatable bonds is 2. The summed E-state index contributed by atoms with van der Waals surface area (Å²) in [6.07, 6.45) is -1.67. The fourth-order valence-corrected chi connectivity index (χ4v) is 1.64. The quantitative estimate of drug-likeness (QED) is 0.865. The molecule has 1 heterocycles. The molecule has 0 aliphatic carbocycles. The highest BCUT2D eigenvalue weighted by Gasteiger charge is 2.33. The van der Waals surface area contributed by atoms with Gasteiger partial charge in [-0.3, -0.25) is 14.9 Å². The van der Waals surface area contributed by atoms with Crippen molar-refractivity contribution in [2.45, 2.75) is 26.9 Å². The third-order valence-corrected chi connectivity index (χ3v) is 2.84. The SMILES string of the molecule is CC(C)(C)C(=O)Nc1ccc(C2OC(=O)NC2=O)cc1. The number of nitrogens with one attached hydrogen (secondary N) is 2. The average Bonchev–Trinajstić information content (AvgIpc) is 2.68. The Kier molecular flexibility index (Phi) is 3.48. The Morgan fingerprint density at radius 1 is 1.20 bits per heavy atom. The standard InChI is InChI=1S/C14H16N2O4/c1-14(2,3)12(18)15-9-6-4-8(5-7-9)10-11(17)16-13(19)20-10/h4-7,10H,1-3H3,(H,15,18)(H,16,17,19). The Balaban J connectivity index is 2.09. The first-order valence-corrected chi connectivity index (χ1v) is 6.20. The minimum Gasteiger partial charge on any atom is -0.431 e. The summed E-state index contributed by atoms with van der Waals surface area (Å²) in [5, 5.41) is 4.83. The lowest BCUT2D eigenvalue weighted by Gasteiger charge is -2.18. The van der Waals surface area contributed by atoms with Crippen LogP contribution in [0.15, 0.2) is 24.3 Å². The smallest absolute Gasteiger partial charge is 0.415 e. The molecule has 1 unspecified atom stereocenters. The molecule has 2 N–H and O–H groups in total. The van der Waals surface area contributed by atoms with Gasteiger partial charge in [-0.05, 0) is 12.1 Å². The summed E-state index contributed by atoms with van der Waals surface area (Å²) in [6.45, 7) is 5.46. The van der Waals surface area contributed by atoms with Crippen molar-refractivity contribution >= 4 is 23.6 Å². The van der Waals surface area contributed by atoms with Crippen LogP contribution in [-0.2, 0) is 14.3 Å². The minimum atomic E-state index is -0.921. The Morgan fingerprint density at radius 2 is 1.80 bits per heavy atom. The molecule has 0 bridgehead atoms. The van der Waals surface area contributed by atoms with Gasteiger partial charge in [0.15, 0.2) is 0 Å². The van der Waals surface area contributed by atoms with Crippen molar-refractivity contribution in [3.63, 3.8) is 0 Å². The van der Waals surface area contributed by atoms with Crippen LogP contribution in [-0.4, -0.2) is 17.9 Å². The summed E-state index contributed by atoms with van der Waals surface area (Å²) in [5.74, 6) is -0.586. The van der Waals surface area contributed by atoms with E-state index in [9.17, 15) is 14.4 Å². The molecule has 0 saturated carbocycles. The number of carbonyl (C=O) groups excluding carboxylic acids is 3. The van der Waals surface area contributed by atoms with E-state index < -0.39 is 23.5 Å². The fourth-order valence-electron chi connectivity index (χ4n) is 1.64. The number of amides is 3. The van der Waals surface area contributed by atoms with Crippen LogP contribution in [0.25, 0.3) is 0 Å². The number of carbonyl (C=O) groups is 3. The molecule has 106 valence electrons. The second-order valence-corrected chi connectivity index (χ2v) is 5.60. The number of imide groups is 1. The van der Waals surface area contributed by atoms with E-state index in [2.05, 4.69) is 10.6 Å². The molecule has 1 atom stereocenters. The number of cyclic esters (lactones) is 1. The fraction of sp³-hybridized carbons (Fsp3) is 0.357. The van der Waals surface area contributed by atoms with Crippen LogP contribution in [0.3, 0.4) is 0 Å². The van der Waals surface area contributed by atoms with Crippen LogP contribution in [0.4, 0.5) is 10.5 Å². The van der Waals surface area contributed by atoms with Crippen molar-refractivity contribution in [3.8, 4) is 0 Å². The van der Waals surface area contributed by atoms with Crippen LogP contribution in [0, 0.1) is 5.41 Å². The maximum Gasteiger partial charge on any atom is 0.415 e. The maximum absolute atomic E-state index is 11.8. The summed E-state index contributed by atoms with van der Waals surface area (Å²) in [6, 6.07) is 6.61. The first kappa shape index (κ1) is 14.0. The van der Waals surface area contributed by atoms with Gasteiger partial charge < -0.3 is 10.1 Å². The molecule has 1 aromatic carbocycles. The van der Waals surface area contributed by atoms with Gasteiger partial charge in [0.2, 0.25) is 12.0 Å². The van der Waals surface area contributed by atoms with Gasteiger partial charge in [0.25, 0.3) is 5.91 Å². The van der Waals surface area contributed by atoms with Crippen molar-refractivity contribution < 1.29 is 19.1 Å². The van der Waals surface area contributed by atoms with Crippen LogP contribution >= 0.6 is 0 Å². The molecule has 6 heteroatoms. The number of hydrogen-bond donors (Lipinski definition) is 2. The summed E-state index contributed by atoms with van der Waals surface area (Å²) < 4.78 is 4.85. The highest BCUT2D eigenvalue weighted by atomic mass is 16.6. The van der Waals surface area contributed by atoms with E-state index in [4.69, 9.17) is 4.74 Å². The Morgan fingerprint density at radius 3 is 2.25 bits per heavy atom. The third kappa shape index (κ3) is 2.96. The molecule has 1 fully saturated rings. The average molecular weight is 276 g/mol. The number of ether oxygens (including phenoxy) is 1. The highest BCUT2D eigenvalue weighted by molar-refractivity contribution is 6.00. The Labute approximate surface area is 116 Å². The van der Waals surface area contributed by atoms with Crippen LogP contribution < -0.4 is 10.6 Å². The first-order chi connectivity index (χ1) is 9.27. The van der Waals surface area contributed by atoms with Crippen LogP contribution in [0.1, 0.15) is 32.4 Å². The van der Waals surface area contributed by atoms with Gasteiger partial charge >= 0.3 is 6.09 Å². The molecule has 20 heavy (non-hydrogen) atoms. The summed E-state index contributed by atoms with van der Waals surface area (Å²) in [5.41, 5.74) is 0.694. The van der Waals surface area contributed by atoms with Crippen molar-refractivity contribution in [1.82, 2.24) is 5.32 Å². The van der Waals surface area contributed by atoms with Crippen molar-refractivity contribution in [2.75, 3.05) is 5.32 Å². The molecule has 2 rings (SSSR count). The molecule has 0 aromatic heterocycles. The monoisotopic (exact) mass is 276 g/mol. The molecule has 6 nitrogen and oxygen atoms in total. The summed E-state index contributed by atoms with van der Waals surface area (Å²) in [4.78, 5) is 34.2. The molecule has 1 aliphatic heterocycles. The lowest BCUT2D eigenvalue weighted by molar-refractivity contribution is -0.124. The van der Waals surface area contributed by atoms with Gasteiger partial charge in [0.05, 0.1) is 0 Å². The van der Waals surface area contributed by atoms with Crippen LogP contribution in [0.5, 0.6) is 0 Å². The summed E-state index contributed by atoms with van der Waals surface area (Å²) >= 11 is 0. The zero-order valence-corrected chi connectivity index (χ0v) is 11.5. The van der Waals surface area contributed by atoms with Crippen molar-refractivity contribution in [2.24, 2.45) is 5.41 Å². The zero-order valence-electron chi connectivity index (χ0n) is 11.5. The second kappa shape index (κ2) is 4.96. The van der Waals surface area contributed by atoms with E-state index in [0.29, 0.717) is 11.3 Å². The number of alkyl carbamates (subject to hydrolysis) is 1. The lowest BCUT2D eigenvalue weighted by Crippen LogP contribution is -2.27. The molecule has 0 spiro atoms. The van der Waals surface area contributed by atoms with E-state index in [1.54, 1.807) is 24.3 Å². The summed E-state index contributed by atoms with van der Waals surface area (Å²) in [7, 11) is 0. The topological polar surface area (TPSA) is 84.5 Å². The van der Waals surface area contributed by atoms with Crippen molar-refractivity contribution in [3.05, 3.63) is 29.8 Å². The van der Waals surface area contributed by atoms with Crippen molar-refractivity contribution in [1.29, 1.82) is 0 Å². The Bertz CT molecular complexity index is 558. The minimum absolute atomic E-state index is 0.102. The Hall–Kier alpha value is -2.37. The highest BCUT2D eigenvalue weighted by Crippen LogP contribution is 2.24. The van der Waals surface area contributed by atoms with E-state index in [1.807, 2.05) is 20.8 Å². The molecule has 1 aromatic rings. The van der Waals surface area contributed by atoms with E-state index in [-0.39, 0.29) is 5.91 Å². The van der Waals surface area contributed by atoms with Gasteiger partial charge in [-0.2, -0.15) is 0 Å². The molecule has 3 amide bonds. The third-order valence-electron chi connectivity index (χ3n) is 2.84. The number of anilines is 1. The predicted molar refractivity (Wildman–Crippen MR) is 71.9 cm³/mol. The number of benzene rings is 1. The van der Waals surface area contributed by atoms with Gasteiger partial charge in [-0.25, -0.2) is 4.79 Å². The van der Waals surface area contributed by atoms with E-state index in [1.165, 1.54) is 0 Å². The van der Waals surface area contributed by atoms with Gasteiger partial charge in [0.1, 0.15) is 0 Å². The molecular weight excluding hydrogens is 260 g/mol. The molecule has 0 radical (unpaired) electrons. The predicted octanol–water partition coefficient (Wildman–Crippen LogP) is 1.98. The molecule has 1 saturated heterocycles.